The molecule has 4 heteroatoms. The lowest BCUT2D eigenvalue weighted by Crippen LogP contribution is -2.46. The molecule has 1 aliphatic heterocycles. The zero-order valence-electron chi connectivity index (χ0n) is 11.7. The molecule has 2 fully saturated rings. The van der Waals surface area contributed by atoms with E-state index in [2.05, 4.69) is 0 Å². The molecule has 106 valence electrons. The van der Waals surface area contributed by atoms with Crippen molar-refractivity contribution in [2.45, 2.75) is 37.1 Å². The van der Waals surface area contributed by atoms with Gasteiger partial charge in [-0.15, -0.1) is 0 Å². The predicted octanol–water partition coefficient (Wildman–Crippen LogP) is 1.88. The lowest BCUT2D eigenvalue weighted by Gasteiger charge is -2.27. The van der Waals surface area contributed by atoms with Crippen LogP contribution in [0.2, 0.25) is 0 Å². The number of ether oxygens (including phenoxy) is 1. The molecule has 0 spiro atoms. The lowest BCUT2D eigenvalue weighted by molar-refractivity contribution is -0.151. The van der Waals surface area contributed by atoms with Crippen molar-refractivity contribution >= 4 is 11.9 Å². The highest BCUT2D eigenvalue weighted by Crippen LogP contribution is 2.50. The van der Waals surface area contributed by atoms with Gasteiger partial charge in [-0.25, -0.2) is 4.79 Å². The number of benzene rings is 1. The van der Waals surface area contributed by atoms with E-state index in [1.807, 2.05) is 30.3 Å². The summed E-state index contributed by atoms with van der Waals surface area (Å²) < 4.78 is 4.82. The molecule has 1 saturated carbocycles. The van der Waals surface area contributed by atoms with Crippen molar-refractivity contribution < 1.29 is 14.3 Å². The van der Waals surface area contributed by atoms with Gasteiger partial charge in [-0.2, -0.15) is 0 Å². The molecular formula is C16H19NO3. The molecule has 2 aliphatic rings. The molecular weight excluding hydrogens is 254 g/mol. The molecule has 1 aromatic carbocycles. The van der Waals surface area contributed by atoms with E-state index in [0.717, 1.165) is 24.8 Å². The van der Waals surface area contributed by atoms with Gasteiger partial charge in [-0.05, 0) is 31.2 Å². The van der Waals surface area contributed by atoms with E-state index >= 15 is 0 Å². The number of hydrogen-bond donors (Lipinski definition) is 0. The zero-order chi connectivity index (χ0) is 14.2. The van der Waals surface area contributed by atoms with Crippen LogP contribution < -0.4 is 0 Å². The Hall–Kier alpha value is -1.84. The first kappa shape index (κ1) is 13.2. The third-order valence-corrected chi connectivity index (χ3v) is 4.47. The van der Waals surface area contributed by atoms with E-state index in [1.54, 1.807) is 4.90 Å². The third kappa shape index (κ3) is 1.99. The van der Waals surface area contributed by atoms with Crippen LogP contribution >= 0.6 is 0 Å². The van der Waals surface area contributed by atoms with E-state index < -0.39 is 11.5 Å². The maximum absolute atomic E-state index is 12.9. The quantitative estimate of drug-likeness (QED) is 0.790. The van der Waals surface area contributed by atoms with Crippen molar-refractivity contribution in [2.75, 3.05) is 13.7 Å². The molecule has 0 radical (unpaired) electrons. The molecule has 0 N–H and O–H groups in total. The maximum atomic E-state index is 12.9. The first-order chi connectivity index (χ1) is 9.69. The van der Waals surface area contributed by atoms with Crippen molar-refractivity contribution in [2.24, 2.45) is 0 Å². The van der Waals surface area contributed by atoms with Gasteiger partial charge >= 0.3 is 5.97 Å². The Morgan fingerprint density at radius 1 is 1.25 bits per heavy atom. The summed E-state index contributed by atoms with van der Waals surface area (Å²) in [6.45, 7) is 0.660. The van der Waals surface area contributed by atoms with Crippen LogP contribution in [-0.2, 0) is 19.7 Å². The summed E-state index contributed by atoms with van der Waals surface area (Å²) in [5.41, 5.74) is 0.679. The Morgan fingerprint density at radius 3 is 2.55 bits per heavy atom. The minimum absolute atomic E-state index is 0.0941. The third-order valence-electron chi connectivity index (χ3n) is 4.47. The summed E-state index contributed by atoms with van der Waals surface area (Å²) in [6, 6.07) is 9.50. The van der Waals surface area contributed by atoms with Gasteiger partial charge in [0.05, 0.1) is 12.5 Å². The van der Waals surface area contributed by atoms with Gasteiger partial charge < -0.3 is 9.64 Å². The smallest absolute Gasteiger partial charge is 0.328 e. The second-order valence-electron chi connectivity index (χ2n) is 5.63. The zero-order valence-corrected chi connectivity index (χ0v) is 11.7. The fourth-order valence-corrected chi connectivity index (χ4v) is 3.17. The van der Waals surface area contributed by atoms with Gasteiger partial charge in [0.2, 0.25) is 5.91 Å². The van der Waals surface area contributed by atoms with Crippen LogP contribution in [0.4, 0.5) is 0 Å². The van der Waals surface area contributed by atoms with E-state index in [4.69, 9.17) is 4.74 Å². The molecule has 1 heterocycles. The van der Waals surface area contributed by atoms with Crippen molar-refractivity contribution in [3.8, 4) is 0 Å². The number of rotatable bonds is 3. The van der Waals surface area contributed by atoms with E-state index in [9.17, 15) is 9.59 Å². The minimum atomic E-state index is -0.395. The highest BCUT2D eigenvalue weighted by Gasteiger charge is 2.55. The first-order valence-corrected chi connectivity index (χ1v) is 7.13. The average Bonchev–Trinajstić information content (AvgIpc) is 3.17. The number of esters is 1. The molecule has 1 atom stereocenters. The molecule has 0 aromatic heterocycles. The summed E-state index contributed by atoms with van der Waals surface area (Å²) in [7, 11) is 1.38. The molecule has 3 rings (SSSR count). The monoisotopic (exact) mass is 273 g/mol. The molecule has 1 saturated heterocycles. The van der Waals surface area contributed by atoms with E-state index in [1.165, 1.54) is 7.11 Å². The number of methoxy groups -OCH3 is 1. The number of carbonyl (C=O) groups is 2. The molecule has 1 unspecified atom stereocenters. The standard InChI is InChI=1S/C16H19NO3/c1-20-14(18)13-8-5-11-17(13)15(19)16(9-10-16)12-6-3-2-4-7-12/h2-4,6-7,13H,5,8-11H2,1H3. The Labute approximate surface area is 118 Å². The average molecular weight is 273 g/mol. The SMILES string of the molecule is COC(=O)C1CCCN1C(=O)C1(c2ccccc2)CC1. The van der Waals surface area contributed by atoms with Crippen LogP contribution in [0.3, 0.4) is 0 Å². The first-order valence-electron chi connectivity index (χ1n) is 7.13. The highest BCUT2D eigenvalue weighted by atomic mass is 16.5. The van der Waals surface area contributed by atoms with Crippen LogP contribution in [-0.4, -0.2) is 36.5 Å². The van der Waals surface area contributed by atoms with Gasteiger partial charge in [0, 0.05) is 6.54 Å². The van der Waals surface area contributed by atoms with Crippen LogP contribution in [0.15, 0.2) is 30.3 Å². The molecule has 1 aromatic rings. The summed E-state index contributed by atoms with van der Waals surface area (Å²) in [5, 5.41) is 0. The van der Waals surface area contributed by atoms with Crippen LogP contribution in [0, 0.1) is 0 Å². The van der Waals surface area contributed by atoms with Crippen LogP contribution in [0.1, 0.15) is 31.2 Å². The molecule has 4 nitrogen and oxygen atoms in total. The van der Waals surface area contributed by atoms with Gasteiger partial charge in [-0.3, -0.25) is 4.79 Å². The topological polar surface area (TPSA) is 46.6 Å². The number of carbonyl (C=O) groups excluding carboxylic acids is 2. The summed E-state index contributed by atoms with van der Waals surface area (Å²) >= 11 is 0. The van der Waals surface area contributed by atoms with E-state index in [-0.39, 0.29) is 11.9 Å². The maximum Gasteiger partial charge on any atom is 0.328 e. The minimum Gasteiger partial charge on any atom is -0.467 e. The number of nitrogens with zero attached hydrogens (tertiary/aromatic N) is 1. The van der Waals surface area contributed by atoms with Crippen LogP contribution in [0.25, 0.3) is 0 Å². The fraction of sp³-hybridized carbons (Fsp3) is 0.500. The highest BCUT2D eigenvalue weighted by molar-refractivity contribution is 5.94. The van der Waals surface area contributed by atoms with Crippen molar-refractivity contribution in [1.29, 1.82) is 0 Å². The summed E-state index contributed by atoms with van der Waals surface area (Å²) in [5.74, 6) is -0.198. The Kier molecular flexibility index (Phi) is 3.24. The largest absolute Gasteiger partial charge is 0.467 e. The molecule has 1 aliphatic carbocycles. The van der Waals surface area contributed by atoms with E-state index in [0.29, 0.717) is 13.0 Å². The summed E-state index contributed by atoms with van der Waals surface area (Å²) in [6.07, 6.45) is 3.33. The van der Waals surface area contributed by atoms with Crippen molar-refractivity contribution in [3.63, 3.8) is 0 Å². The second kappa shape index (κ2) is 4.93. The second-order valence-corrected chi connectivity index (χ2v) is 5.63. The number of hydrogen-bond acceptors (Lipinski definition) is 3. The molecule has 1 amide bonds. The number of amides is 1. The van der Waals surface area contributed by atoms with Gasteiger partial charge in [0.15, 0.2) is 0 Å². The number of likely N-dealkylation sites (tertiary alicyclic amines) is 1. The van der Waals surface area contributed by atoms with Gasteiger partial charge in [-0.1, -0.05) is 30.3 Å². The van der Waals surface area contributed by atoms with Crippen molar-refractivity contribution in [1.82, 2.24) is 4.90 Å². The predicted molar refractivity (Wildman–Crippen MR) is 74.1 cm³/mol. The van der Waals surface area contributed by atoms with Crippen LogP contribution in [0.5, 0.6) is 0 Å². The lowest BCUT2D eigenvalue weighted by atomic mass is 9.94. The van der Waals surface area contributed by atoms with Crippen molar-refractivity contribution in [3.05, 3.63) is 35.9 Å². The van der Waals surface area contributed by atoms with Gasteiger partial charge in [0.1, 0.15) is 6.04 Å². The normalized spacial score (nSPS) is 23.4. The fourth-order valence-electron chi connectivity index (χ4n) is 3.17. The Bertz CT molecular complexity index is 522. The Balaban J connectivity index is 1.84. The molecule has 20 heavy (non-hydrogen) atoms. The van der Waals surface area contributed by atoms with Gasteiger partial charge in [0.25, 0.3) is 0 Å². The Morgan fingerprint density at radius 2 is 1.95 bits per heavy atom. The molecule has 0 bridgehead atoms. The summed E-state index contributed by atoms with van der Waals surface area (Å²) in [4.78, 5) is 26.4.